The maximum absolute atomic E-state index is 10.1. The number of rotatable bonds is 6. The smallest absolute Gasteiger partial charge is 0.162 e. The molecule has 0 saturated carbocycles. The number of nitrogens with one attached hydrogen (secondary N) is 1. The Labute approximate surface area is 119 Å². The second-order valence-corrected chi connectivity index (χ2v) is 4.75. The SMILES string of the molecule is CCOc1cccc(CNC(C)c2ccc(C)o2)c1O. The van der Waals surface area contributed by atoms with Gasteiger partial charge in [0.05, 0.1) is 12.6 Å². The van der Waals surface area contributed by atoms with Crippen molar-refractivity contribution in [3.05, 3.63) is 47.4 Å². The maximum atomic E-state index is 10.1. The lowest BCUT2D eigenvalue weighted by atomic mass is 10.1. The van der Waals surface area contributed by atoms with Crippen LogP contribution in [0.25, 0.3) is 0 Å². The van der Waals surface area contributed by atoms with E-state index in [0.717, 1.165) is 17.1 Å². The zero-order chi connectivity index (χ0) is 14.5. The molecule has 1 aromatic carbocycles. The number of hydrogen-bond donors (Lipinski definition) is 2. The molecule has 1 atom stereocenters. The van der Waals surface area contributed by atoms with Crippen LogP contribution in [0.2, 0.25) is 0 Å². The third-order valence-corrected chi connectivity index (χ3v) is 3.17. The van der Waals surface area contributed by atoms with E-state index in [0.29, 0.717) is 18.9 Å². The molecule has 4 heteroatoms. The minimum absolute atomic E-state index is 0.0823. The standard InChI is InChI=1S/C16H21NO3/c1-4-19-15-7-5-6-13(16(15)18)10-17-12(3)14-9-8-11(2)20-14/h5-9,12,17-18H,4,10H2,1-3H3. The number of para-hydroxylation sites is 1. The predicted molar refractivity (Wildman–Crippen MR) is 78.0 cm³/mol. The van der Waals surface area contributed by atoms with Crippen LogP contribution in [0, 0.1) is 6.92 Å². The molecule has 0 radical (unpaired) electrons. The van der Waals surface area contributed by atoms with E-state index in [1.54, 1.807) is 6.07 Å². The summed E-state index contributed by atoms with van der Waals surface area (Å²) in [5.41, 5.74) is 0.811. The first-order valence-corrected chi connectivity index (χ1v) is 6.85. The highest BCUT2D eigenvalue weighted by Crippen LogP contribution is 2.30. The highest BCUT2D eigenvalue weighted by atomic mass is 16.5. The van der Waals surface area contributed by atoms with Crippen molar-refractivity contribution < 1.29 is 14.3 Å². The van der Waals surface area contributed by atoms with E-state index >= 15 is 0 Å². The lowest BCUT2D eigenvalue weighted by Crippen LogP contribution is -2.17. The quantitative estimate of drug-likeness (QED) is 0.846. The number of aryl methyl sites for hydroxylation is 1. The summed E-state index contributed by atoms with van der Waals surface area (Å²) < 4.78 is 11.0. The van der Waals surface area contributed by atoms with Gasteiger partial charge >= 0.3 is 0 Å². The van der Waals surface area contributed by atoms with Crippen molar-refractivity contribution in [2.75, 3.05) is 6.61 Å². The summed E-state index contributed by atoms with van der Waals surface area (Å²) in [7, 11) is 0. The molecule has 0 amide bonds. The Hall–Kier alpha value is -1.94. The van der Waals surface area contributed by atoms with Gasteiger partial charge in [-0.2, -0.15) is 0 Å². The summed E-state index contributed by atoms with van der Waals surface area (Å²) >= 11 is 0. The molecule has 0 aliphatic carbocycles. The van der Waals surface area contributed by atoms with Gasteiger partial charge in [-0.15, -0.1) is 0 Å². The molecule has 0 saturated heterocycles. The van der Waals surface area contributed by atoms with Gasteiger partial charge in [0, 0.05) is 12.1 Å². The first-order chi connectivity index (χ1) is 9.61. The Morgan fingerprint density at radius 3 is 2.75 bits per heavy atom. The highest BCUT2D eigenvalue weighted by Gasteiger charge is 2.12. The molecule has 0 bridgehead atoms. The molecule has 1 heterocycles. The summed E-state index contributed by atoms with van der Waals surface area (Å²) in [5, 5.41) is 13.4. The molecule has 0 fully saturated rings. The molecular weight excluding hydrogens is 254 g/mol. The molecule has 2 rings (SSSR count). The van der Waals surface area contributed by atoms with Gasteiger partial charge in [-0.3, -0.25) is 0 Å². The maximum Gasteiger partial charge on any atom is 0.162 e. The molecule has 2 N–H and O–H groups in total. The monoisotopic (exact) mass is 275 g/mol. The average Bonchev–Trinajstić information content (AvgIpc) is 2.86. The molecular formula is C16H21NO3. The van der Waals surface area contributed by atoms with Crippen molar-refractivity contribution in [3.63, 3.8) is 0 Å². The Morgan fingerprint density at radius 1 is 1.30 bits per heavy atom. The largest absolute Gasteiger partial charge is 0.504 e. The second-order valence-electron chi connectivity index (χ2n) is 4.75. The van der Waals surface area contributed by atoms with Gasteiger partial charge in [-0.1, -0.05) is 12.1 Å². The van der Waals surface area contributed by atoms with E-state index in [-0.39, 0.29) is 11.8 Å². The molecule has 0 aliphatic rings. The molecule has 0 spiro atoms. The van der Waals surface area contributed by atoms with Gasteiger partial charge in [0.2, 0.25) is 0 Å². The highest BCUT2D eigenvalue weighted by molar-refractivity contribution is 5.45. The third kappa shape index (κ3) is 3.33. The first kappa shape index (κ1) is 14.5. The Morgan fingerprint density at radius 2 is 2.10 bits per heavy atom. The second kappa shape index (κ2) is 6.48. The lowest BCUT2D eigenvalue weighted by molar-refractivity contribution is 0.315. The van der Waals surface area contributed by atoms with Gasteiger partial charge in [0.25, 0.3) is 0 Å². The van der Waals surface area contributed by atoms with Crippen LogP contribution in [-0.4, -0.2) is 11.7 Å². The van der Waals surface area contributed by atoms with Crippen molar-refractivity contribution >= 4 is 0 Å². The Kier molecular flexibility index (Phi) is 4.69. The summed E-state index contributed by atoms with van der Waals surface area (Å²) in [6.45, 7) is 6.93. The van der Waals surface area contributed by atoms with Crippen LogP contribution in [0.4, 0.5) is 0 Å². The minimum Gasteiger partial charge on any atom is -0.504 e. The normalized spacial score (nSPS) is 12.3. The van der Waals surface area contributed by atoms with Gasteiger partial charge < -0.3 is 19.6 Å². The van der Waals surface area contributed by atoms with Crippen molar-refractivity contribution in [2.24, 2.45) is 0 Å². The first-order valence-electron chi connectivity index (χ1n) is 6.85. The fraction of sp³-hybridized carbons (Fsp3) is 0.375. The van der Waals surface area contributed by atoms with E-state index in [1.165, 1.54) is 0 Å². The number of furan rings is 1. The Bertz CT molecular complexity index is 563. The van der Waals surface area contributed by atoms with Crippen LogP contribution in [0.1, 0.15) is 37.0 Å². The molecule has 0 aliphatic heterocycles. The molecule has 4 nitrogen and oxygen atoms in total. The lowest BCUT2D eigenvalue weighted by Gasteiger charge is -2.14. The van der Waals surface area contributed by atoms with Crippen LogP contribution < -0.4 is 10.1 Å². The summed E-state index contributed by atoms with van der Waals surface area (Å²) in [4.78, 5) is 0. The average molecular weight is 275 g/mol. The summed E-state index contributed by atoms with van der Waals surface area (Å²) in [6, 6.07) is 9.51. The number of aromatic hydroxyl groups is 1. The molecule has 108 valence electrons. The van der Waals surface area contributed by atoms with Crippen LogP contribution >= 0.6 is 0 Å². The van der Waals surface area contributed by atoms with E-state index in [9.17, 15) is 5.11 Å². The number of benzene rings is 1. The van der Waals surface area contributed by atoms with Crippen LogP contribution in [0.15, 0.2) is 34.7 Å². The van der Waals surface area contributed by atoms with Crippen LogP contribution in [0.3, 0.4) is 0 Å². The van der Waals surface area contributed by atoms with Crippen LogP contribution in [-0.2, 0) is 6.54 Å². The molecule has 2 aromatic rings. The zero-order valence-electron chi connectivity index (χ0n) is 12.1. The van der Waals surface area contributed by atoms with Gasteiger partial charge in [0.15, 0.2) is 11.5 Å². The van der Waals surface area contributed by atoms with E-state index < -0.39 is 0 Å². The van der Waals surface area contributed by atoms with Gasteiger partial charge in [-0.25, -0.2) is 0 Å². The minimum atomic E-state index is 0.0823. The molecule has 1 aromatic heterocycles. The van der Waals surface area contributed by atoms with Crippen molar-refractivity contribution in [1.29, 1.82) is 0 Å². The molecule has 1 unspecified atom stereocenters. The fourth-order valence-electron chi connectivity index (χ4n) is 2.03. The topological polar surface area (TPSA) is 54.6 Å². The fourth-order valence-corrected chi connectivity index (χ4v) is 2.03. The Balaban J connectivity index is 2.02. The number of phenolic OH excluding ortho intramolecular Hbond substituents is 1. The van der Waals surface area contributed by atoms with E-state index in [1.807, 2.05) is 45.0 Å². The van der Waals surface area contributed by atoms with Crippen molar-refractivity contribution in [2.45, 2.75) is 33.4 Å². The molecule has 20 heavy (non-hydrogen) atoms. The number of hydrogen-bond acceptors (Lipinski definition) is 4. The number of ether oxygens (including phenoxy) is 1. The van der Waals surface area contributed by atoms with Crippen molar-refractivity contribution in [3.8, 4) is 11.5 Å². The van der Waals surface area contributed by atoms with Gasteiger partial charge in [-0.05, 0) is 39.0 Å². The van der Waals surface area contributed by atoms with Crippen LogP contribution in [0.5, 0.6) is 11.5 Å². The third-order valence-electron chi connectivity index (χ3n) is 3.17. The van der Waals surface area contributed by atoms with E-state index in [4.69, 9.17) is 9.15 Å². The van der Waals surface area contributed by atoms with Gasteiger partial charge in [0.1, 0.15) is 11.5 Å². The zero-order valence-corrected chi connectivity index (χ0v) is 12.1. The van der Waals surface area contributed by atoms with Crippen molar-refractivity contribution in [1.82, 2.24) is 5.32 Å². The summed E-state index contributed by atoms with van der Waals surface area (Å²) in [5.74, 6) is 2.51. The summed E-state index contributed by atoms with van der Waals surface area (Å²) in [6.07, 6.45) is 0. The van der Waals surface area contributed by atoms with E-state index in [2.05, 4.69) is 5.32 Å². The number of phenols is 1. The predicted octanol–water partition coefficient (Wildman–Crippen LogP) is 3.54.